The van der Waals surface area contributed by atoms with E-state index in [1.165, 1.54) is 7.11 Å². The molecule has 2 amide bonds. The molecule has 3 heterocycles. The summed E-state index contributed by atoms with van der Waals surface area (Å²) in [6.45, 7) is 3.48. The number of nitrogens with zero attached hydrogens (tertiary/aromatic N) is 2. The van der Waals surface area contributed by atoms with Gasteiger partial charge in [0.2, 0.25) is 12.7 Å². The van der Waals surface area contributed by atoms with Crippen molar-refractivity contribution < 1.29 is 33.0 Å². The summed E-state index contributed by atoms with van der Waals surface area (Å²) in [7, 11) is 1.53. The Morgan fingerprint density at radius 3 is 2.61 bits per heavy atom. The Kier molecular flexibility index (Phi) is 7.83. The van der Waals surface area contributed by atoms with E-state index in [0.29, 0.717) is 48.3 Å². The van der Waals surface area contributed by atoms with E-state index >= 15 is 0 Å². The molecule has 9 heteroatoms. The number of benzene rings is 2. The molecule has 0 saturated carbocycles. The van der Waals surface area contributed by atoms with Gasteiger partial charge in [-0.3, -0.25) is 9.59 Å². The first-order valence-electron chi connectivity index (χ1n) is 12.8. The van der Waals surface area contributed by atoms with Crippen LogP contribution in [0.2, 0.25) is 0 Å². The Bertz CT molecular complexity index is 1280. The first-order chi connectivity index (χ1) is 18.5. The Labute approximate surface area is 221 Å². The Hall–Kier alpha value is -3.98. The maximum absolute atomic E-state index is 13.8. The lowest BCUT2D eigenvalue weighted by Gasteiger charge is -2.29. The number of hydrogen-bond acceptors (Lipinski definition) is 7. The smallest absolute Gasteiger partial charge is 0.258 e. The second-order valence-electron chi connectivity index (χ2n) is 9.47. The summed E-state index contributed by atoms with van der Waals surface area (Å²) < 4.78 is 28.0. The molecule has 2 aliphatic heterocycles. The normalized spacial score (nSPS) is 15.9. The number of rotatable bonds is 10. The number of aryl methyl sites for hydroxylation is 1. The van der Waals surface area contributed by atoms with Crippen molar-refractivity contribution in [2.45, 2.75) is 39.0 Å². The van der Waals surface area contributed by atoms with Gasteiger partial charge in [-0.05, 0) is 61.7 Å². The predicted octanol–water partition coefficient (Wildman–Crippen LogP) is 4.18. The van der Waals surface area contributed by atoms with Crippen molar-refractivity contribution in [3.63, 3.8) is 0 Å². The van der Waals surface area contributed by atoms with Crippen LogP contribution >= 0.6 is 0 Å². The molecule has 5 rings (SSSR count). The molecule has 0 N–H and O–H groups in total. The molecule has 1 unspecified atom stereocenters. The zero-order chi connectivity index (χ0) is 26.5. The Balaban J connectivity index is 1.39. The maximum atomic E-state index is 13.8. The highest BCUT2D eigenvalue weighted by Gasteiger charge is 2.29. The molecule has 2 aliphatic rings. The molecule has 38 heavy (non-hydrogen) atoms. The summed E-state index contributed by atoms with van der Waals surface area (Å²) in [6.07, 6.45) is 1.66. The number of hydrogen-bond donors (Lipinski definition) is 0. The van der Waals surface area contributed by atoms with Gasteiger partial charge in [0.05, 0.1) is 25.3 Å². The van der Waals surface area contributed by atoms with E-state index in [9.17, 15) is 9.59 Å². The fraction of sp³-hybridized carbons (Fsp3) is 0.379. The number of furan rings is 1. The number of fused-ring (bicyclic) bond motifs is 1. The van der Waals surface area contributed by atoms with Crippen molar-refractivity contribution in [2.75, 3.05) is 33.6 Å². The summed E-state index contributed by atoms with van der Waals surface area (Å²) in [5.41, 5.74) is 1.29. The van der Waals surface area contributed by atoms with Crippen LogP contribution in [0.25, 0.3) is 0 Å². The molecule has 0 aliphatic carbocycles. The van der Waals surface area contributed by atoms with Gasteiger partial charge in [-0.2, -0.15) is 0 Å². The first kappa shape index (κ1) is 25.7. The van der Waals surface area contributed by atoms with Gasteiger partial charge in [0, 0.05) is 19.7 Å². The quantitative estimate of drug-likeness (QED) is 0.396. The van der Waals surface area contributed by atoms with Gasteiger partial charge < -0.3 is 33.2 Å². The summed E-state index contributed by atoms with van der Waals surface area (Å²) in [5.74, 6) is 2.74. The number of ether oxygens (including phenoxy) is 4. The zero-order valence-corrected chi connectivity index (χ0v) is 21.7. The molecule has 9 nitrogen and oxygen atoms in total. The van der Waals surface area contributed by atoms with Crippen molar-refractivity contribution in [2.24, 2.45) is 0 Å². The lowest BCUT2D eigenvalue weighted by molar-refractivity contribution is -0.133. The SMILES string of the molecule is COc1ccccc1C(=O)N(CC(=O)N(Cc1ccc2c(c1)OCO2)Cc1ccc(C)o1)CC1CCCO1. The number of carbonyl (C=O) groups excluding carboxylic acids is 2. The minimum atomic E-state index is -0.275. The third-order valence-corrected chi connectivity index (χ3v) is 6.70. The van der Waals surface area contributed by atoms with E-state index in [2.05, 4.69) is 0 Å². The van der Waals surface area contributed by atoms with Crippen molar-refractivity contribution in [1.82, 2.24) is 9.80 Å². The third kappa shape index (κ3) is 5.94. The molecule has 0 bridgehead atoms. The largest absolute Gasteiger partial charge is 0.496 e. The van der Waals surface area contributed by atoms with Crippen LogP contribution in [0.1, 0.15) is 40.3 Å². The minimum Gasteiger partial charge on any atom is -0.496 e. The van der Waals surface area contributed by atoms with Gasteiger partial charge in [0.25, 0.3) is 5.91 Å². The fourth-order valence-corrected chi connectivity index (χ4v) is 4.76. The lowest BCUT2D eigenvalue weighted by atomic mass is 10.1. The number of carbonyl (C=O) groups is 2. The van der Waals surface area contributed by atoms with E-state index in [4.69, 9.17) is 23.4 Å². The second-order valence-corrected chi connectivity index (χ2v) is 9.47. The molecule has 2 aromatic carbocycles. The van der Waals surface area contributed by atoms with Gasteiger partial charge in [-0.15, -0.1) is 0 Å². The van der Waals surface area contributed by atoms with Crippen LogP contribution in [0.15, 0.2) is 59.0 Å². The van der Waals surface area contributed by atoms with Crippen molar-refractivity contribution >= 4 is 11.8 Å². The zero-order valence-electron chi connectivity index (χ0n) is 21.7. The molecule has 1 atom stereocenters. The summed E-state index contributed by atoms with van der Waals surface area (Å²) in [4.78, 5) is 30.8. The minimum absolute atomic E-state index is 0.110. The van der Waals surface area contributed by atoms with E-state index < -0.39 is 0 Å². The van der Waals surface area contributed by atoms with E-state index in [-0.39, 0.29) is 37.8 Å². The average Bonchev–Trinajstić information content (AvgIpc) is 3.70. The summed E-state index contributed by atoms with van der Waals surface area (Å²) >= 11 is 0. The van der Waals surface area contributed by atoms with Crippen molar-refractivity contribution in [3.05, 3.63) is 77.2 Å². The van der Waals surface area contributed by atoms with Crippen LogP contribution in [0.4, 0.5) is 0 Å². The highest BCUT2D eigenvalue weighted by molar-refractivity contribution is 5.98. The van der Waals surface area contributed by atoms with E-state index in [1.807, 2.05) is 43.3 Å². The standard InChI is InChI=1S/C29H32N2O7/c1-20-9-11-23(38-20)17-30(15-21-10-12-26-27(14-21)37-19-36-26)28(32)18-31(16-22-6-5-13-35-22)29(33)24-7-3-4-8-25(24)34-2/h3-4,7-12,14,22H,5-6,13,15-19H2,1-2H3. The average molecular weight is 521 g/mol. The van der Waals surface area contributed by atoms with Gasteiger partial charge in [-0.25, -0.2) is 0 Å². The van der Waals surface area contributed by atoms with Gasteiger partial charge in [-0.1, -0.05) is 18.2 Å². The van der Waals surface area contributed by atoms with E-state index in [0.717, 1.165) is 24.2 Å². The van der Waals surface area contributed by atoms with Crippen molar-refractivity contribution in [3.8, 4) is 17.2 Å². The highest BCUT2D eigenvalue weighted by atomic mass is 16.7. The van der Waals surface area contributed by atoms with Crippen LogP contribution in [-0.4, -0.2) is 61.3 Å². The molecule has 0 spiro atoms. The van der Waals surface area contributed by atoms with Gasteiger partial charge >= 0.3 is 0 Å². The van der Waals surface area contributed by atoms with Crippen LogP contribution in [0, 0.1) is 6.92 Å². The van der Waals surface area contributed by atoms with Crippen LogP contribution in [0.5, 0.6) is 17.2 Å². The molecule has 1 fully saturated rings. The predicted molar refractivity (Wildman–Crippen MR) is 138 cm³/mol. The molecular weight excluding hydrogens is 488 g/mol. The Morgan fingerprint density at radius 2 is 1.84 bits per heavy atom. The molecule has 1 saturated heterocycles. The second kappa shape index (κ2) is 11.6. The molecule has 1 aromatic heterocycles. The van der Waals surface area contributed by atoms with Gasteiger partial charge in [0.1, 0.15) is 23.8 Å². The third-order valence-electron chi connectivity index (χ3n) is 6.70. The number of amides is 2. The molecule has 0 radical (unpaired) electrons. The molecule has 3 aromatic rings. The molecule has 200 valence electrons. The van der Waals surface area contributed by atoms with Crippen LogP contribution in [-0.2, 0) is 22.6 Å². The van der Waals surface area contributed by atoms with Crippen LogP contribution in [0.3, 0.4) is 0 Å². The number of methoxy groups -OCH3 is 1. The fourth-order valence-electron chi connectivity index (χ4n) is 4.76. The summed E-state index contributed by atoms with van der Waals surface area (Å²) in [5, 5.41) is 0. The number of para-hydroxylation sites is 1. The molecular formula is C29H32N2O7. The maximum Gasteiger partial charge on any atom is 0.258 e. The Morgan fingerprint density at radius 1 is 1.00 bits per heavy atom. The summed E-state index contributed by atoms with van der Waals surface area (Å²) in [6, 6.07) is 16.4. The van der Waals surface area contributed by atoms with E-state index in [1.54, 1.807) is 28.0 Å². The van der Waals surface area contributed by atoms with Crippen LogP contribution < -0.4 is 14.2 Å². The topological polar surface area (TPSA) is 90.7 Å². The first-order valence-corrected chi connectivity index (χ1v) is 12.8. The van der Waals surface area contributed by atoms with Gasteiger partial charge in [0.15, 0.2) is 11.5 Å². The highest BCUT2D eigenvalue weighted by Crippen LogP contribution is 2.33. The van der Waals surface area contributed by atoms with Crippen molar-refractivity contribution in [1.29, 1.82) is 0 Å². The lowest BCUT2D eigenvalue weighted by Crippen LogP contribution is -2.45. The monoisotopic (exact) mass is 520 g/mol.